The predicted octanol–water partition coefficient (Wildman–Crippen LogP) is 2.00. The van der Waals surface area contributed by atoms with Crippen molar-refractivity contribution in [3.8, 4) is 6.07 Å². The summed E-state index contributed by atoms with van der Waals surface area (Å²) in [5, 5.41) is 33.3. The van der Waals surface area contributed by atoms with E-state index in [2.05, 4.69) is 55.7 Å². The molecule has 4 heterocycles. The molecule has 1 saturated carbocycles. The SMILES string of the molecule is CNC(=O)c1cc2c(s1)CCc1sccc1C2(C[C@@H](C)NCC(=O)N1[C@H](C#N)C[C@@H]2C[C@@H]21)c1nn[nH]n1. The molecular formula is C25H28N8O2S2. The molecule has 3 aromatic heterocycles. The maximum absolute atomic E-state index is 13.1. The van der Waals surface area contributed by atoms with Crippen LogP contribution in [0.2, 0.25) is 0 Å². The lowest BCUT2D eigenvalue weighted by Crippen LogP contribution is -2.46. The highest BCUT2D eigenvalue weighted by Gasteiger charge is 2.54. The molecule has 2 fully saturated rings. The Hall–Kier alpha value is -3.14. The molecule has 1 aliphatic heterocycles. The number of amides is 2. The highest BCUT2D eigenvalue weighted by atomic mass is 32.1. The van der Waals surface area contributed by atoms with Gasteiger partial charge in [0.15, 0.2) is 5.82 Å². The van der Waals surface area contributed by atoms with Crippen molar-refractivity contribution in [3.05, 3.63) is 49.1 Å². The number of aromatic amines is 1. The van der Waals surface area contributed by atoms with Crippen LogP contribution in [0.25, 0.3) is 0 Å². The van der Waals surface area contributed by atoms with Crippen LogP contribution in [0, 0.1) is 17.2 Å². The first kappa shape index (κ1) is 24.2. The summed E-state index contributed by atoms with van der Waals surface area (Å²) in [5.41, 5.74) is 1.43. The maximum Gasteiger partial charge on any atom is 0.261 e. The molecule has 10 nitrogen and oxygen atoms in total. The molecule has 5 atom stereocenters. The average Bonchev–Trinajstić information content (AvgIpc) is 3.43. The molecule has 3 N–H and O–H groups in total. The number of nitrogens with zero attached hydrogens (tertiary/aromatic N) is 5. The van der Waals surface area contributed by atoms with Gasteiger partial charge in [-0.3, -0.25) is 9.59 Å². The van der Waals surface area contributed by atoms with Crippen molar-refractivity contribution in [2.24, 2.45) is 5.92 Å². The van der Waals surface area contributed by atoms with Crippen LogP contribution in [-0.2, 0) is 23.1 Å². The zero-order chi connectivity index (χ0) is 25.7. The van der Waals surface area contributed by atoms with Crippen molar-refractivity contribution in [1.82, 2.24) is 36.2 Å². The van der Waals surface area contributed by atoms with Gasteiger partial charge in [-0.25, -0.2) is 0 Å². The summed E-state index contributed by atoms with van der Waals surface area (Å²) >= 11 is 3.24. The van der Waals surface area contributed by atoms with Crippen LogP contribution >= 0.6 is 22.7 Å². The van der Waals surface area contributed by atoms with Crippen LogP contribution in [0.5, 0.6) is 0 Å². The van der Waals surface area contributed by atoms with Crippen molar-refractivity contribution >= 4 is 34.5 Å². The molecule has 12 heteroatoms. The van der Waals surface area contributed by atoms with Crippen LogP contribution in [0.1, 0.15) is 62.6 Å². The van der Waals surface area contributed by atoms with E-state index >= 15 is 0 Å². The number of thiophene rings is 2. The molecular weight excluding hydrogens is 508 g/mol. The first-order valence-corrected chi connectivity index (χ1v) is 14.3. The minimum Gasteiger partial charge on any atom is -0.354 e. The van der Waals surface area contributed by atoms with Gasteiger partial charge in [-0.15, -0.1) is 32.9 Å². The van der Waals surface area contributed by atoms with Crippen molar-refractivity contribution in [2.45, 2.75) is 62.6 Å². The van der Waals surface area contributed by atoms with Crippen LogP contribution in [-0.4, -0.2) is 69.1 Å². The number of fused-ring (bicyclic) bond motifs is 3. The molecule has 192 valence electrons. The third-order valence-electron chi connectivity index (χ3n) is 7.99. The van der Waals surface area contributed by atoms with Crippen LogP contribution < -0.4 is 10.6 Å². The Labute approximate surface area is 222 Å². The largest absolute Gasteiger partial charge is 0.354 e. The Morgan fingerprint density at radius 2 is 2.16 bits per heavy atom. The Morgan fingerprint density at radius 1 is 1.32 bits per heavy atom. The molecule has 0 aromatic carbocycles. The van der Waals surface area contributed by atoms with E-state index in [-0.39, 0.29) is 36.5 Å². The molecule has 1 saturated heterocycles. The van der Waals surface area contributed by atoms with Crippen LogP contribution in [0.3, 0.4) is 0 Å². The van der Waals surface area contributed by atoms with Gasteiger partial charge in [-0.05, 0) is 73.6 Å². The monoisotopic (exact) mass is 536 g/mol. The Bertz CT molecular complexity index is 1380. The summed E-state index contributed by atoms with van der Waals surface area (Å²) in [5.74, 6) is 0.911. The van der Waals surface area contributed by atoms with Gasteiger partial charge in [0.05, 0.1) is 22.9 Å². The third-order valence-corrected chi connectivity index (χ3v) is 10.2. The molecule has 0 radical (unpaired) electrons. The number of carbonyl (C=O) groups is 2. The standard InChI is InChI=1S/C25H28N8O2S2/c1-13(28-12-22(34)33-15(11-26)7-14-8-18(14)33)10-25(24-29-31-32-30-24)16-5-6-36-19(16)3-4-20-17(25)9-21(37-20)23(35)27-2/h5-6,9,13-15,18,28H,3-4,7-8,10,12H2,1-2H3,(H,27,35)(H,29,30,31,32)/t13-,14-,15+,18+,25?/m1/s1. The van der Waals surface area contributed by atoms with Gasteiger partial charge in [0.25, 0.3) is 5.91 Å². The molecule has 0 bridgehead atoms. The summed E-state index contributed by atoms with van der Waals surface area (Å²) in [6.07, 6.45) is 4.08. The number of H-pyrrole nitrogens is 1. The number of likely N-dealkylation sites (tertiary alicyclic amines) is 1. The minimum absolute atomic E-state index is 0.0211. The highest BCUT2D eigenvalue weighted by Crippen LogP contribution is 2.50. The number of tetrazole rings is 1. The van der Waals surface area contributed by atoms with E-state index in [0.29, 0.717) is 23.0 Å². The number of hydrogen-bond donors (Lipinski definition) is 3. The van der Waals surface area contributed by atoms with Gasteiger partial charge >= 0.3 is 0 Å². The fourth-order valence-corrected chi connectivity index (χ4v) is 8.35. The molecule has 0 spiro atoms. The van der Waals surface area contributed by atoms with Gasteiger partial charge in [-0.1, -0.05) is 5.21 Å². The zero-order valence-electron chi connectivity index (χ0n) is 20.7. The number of rotatable bonds is 7. The lowest BCUT2D eigenvalue weighted by molar-refractivity contribution is -0.131. The second kappa shape index (κ2) is 9.31. The number of aryl methyl sites for hydroxylation is 2. The molecule has 37 heavy (non-hydrogen) atoms. The quantitative estimate of drug-likeness (QED) is 0.420. The summed E-state index contributed by atoms with van der Waals surface area (Å²) in [7, 11) is 1.64. The third kappa shape index (κ3) is 3.96. The van der Waals surface area contributed by atoms with Gasteiger partial charge in [-0.2, -0.15) is 10.5 Å². The number of carbonyl (C=O) groups excluding carboxylic acids is 2. The molecule has 3 aromatic rings. The fraction of sp³-hybridized carbons (Fsp3) is 0.520. The summed E-state index contributed by atoms with van der Waals surface area (Å²) in [4.78, 5) is 30.6. The Morgan fingerprint density at radius 3 is 2.92 bits per heavy atom. The van der Waals surface area contributed by atoms with Gasteiger partial charge in [0, 0.05) is 28.9 Å². The van der Waals surface area contributed by atoms with Gasteiger partial charge in [0.1, 0.15) is 6.04 Å². The number of hydrogen-bond acceptors (Lipinski definition) is 9. The van der Waals surface area contributed by atoms with E-state index in [1.807, 2.05) is 6.07 Å². The first-order valence-electron chi connectivity index (χ1n) is 12.6. The normalized spacial score (nSPS) is 26.4. The molecule has 2 amide bonds. The van der Waals surface area contributed by atoms with E-state index in [4.69, 9.17) is 0 Å². The van der Waals surface area contributed by atoms with Crippen molar-refractivity contribution in [3.63, 3.8) is 0 Å². The van der Waals surface area contributed by atoms with E-state index in [1.165, 1.54) is 16.2 Å². The van der Waals surface area contributed by atoms with E-state index in [0.717, 1.165) is 41.7 Å². The molecule has 2 aliphatic carbocycles. The average molecular weight is 537 g/mol. The highest BCUT2D eigenvalue weighted by molar-refractivity contribution is 7.14. The number of nitriles is 1. The van der Waals surface area contributed by atoms with Gasteiger partial charge in [0.2, 0.25) is 5.91 Å². The number of piperidine rings is 1. The van der Waals surface area contributed by atoms with Crippen molar-refractivity contribution in [1.29, 1.82) is 5.26 Å². The summed E-state index contributed by atoms with van der Waals surface area (Å²) in [6, 6.07) is 6.23. The van der Waals surface area contributed by atoms with E-state index in [1.54, 1.807) is 23.3 Å². The van der Waals surface area contributed by atoms with E-state index < -0.39 is 5.41 Å². The topological polar surface area (TPSA) is 140 Å². The maximum atomic E-state index is 13.1. The smallest absolute Gasteiger partial charge is 0.261 e. The van der Waals surface area contributed by atoms with Gasteiger partial charge < -0.3 is 15.5 Å². The van der Waals surface area contributed by atoms with Crippen LogP contribution in [0.4, 0.5) is 0 Å². The van der Waals surface area contributed by atoms with E-state index in [9.17, 15) is 14.9 Å². The van der Waals surface area contributed by atoms with Crippen LogP contribution in [0.15, 0.2) is 17.5 Å². The Balaban J connectivity index is 1.34. The first-order chi connectivity index (χ1) is 18.0. The number of nitrogens with one attached hydrogen (secondary N) is 3. The summed E-state index contributed by atoms with van der Waals surface area (Å²) < 4.78 is 0. The lowest BCUT2D eigenvalue weighted by Gasteiger charge is -2.34. The minimum atomic E-state index is -0.725. The molecule has 3 aliphatic rings. The number of aromatic nitrogens is 4. The fourth-order valence-electron chi connectivity index (χ4n) is 6.21. The molecule has 1 unspecified atom stereocenters. The Kier molecular flexibility index (Phi) is 6.09. The van der Waals surface area contributed by atoms with Crippen molar-refractivity contribution < 1.29 is 9.59 Å². The predicted molar refractivity (Wildman–Crippen MR) is 138 cm³/mol. The summed E-state index contributed by atoms with van der Waals surface area (Å²) in [6.45, 7) is 2.23. The zero-order valence-corrected chi connectivity index (χ0v) is 22.3. The van der Waals surface area contributed by atoms with Crippen molar-refractivity contribution in [2.75, 3.05) is 13.6 Å². The second-order valence-corrected chi connectivity index (χ2v) is 12.3. The second-order valence-electron chi connectivity index (χ2n) is 10.2. The molecule has 6 rings (SSSR count). The lowest BCUT2D eigenvalue weighted by atomic mass is 9.70.